The molecule has 1 heterocycles. The third-order valence-electron chi connectivity index (χ3n) is 4.46. The van der Waals surface area contributed by atoms with Crippen LogP contribution in [0.4, 0.5) is 5.69 Å². The van der Waals surface area contributed by atoms with Gasteiger partial charge in [0.1, 0.15) is 0 Å². The molecule has 122 valence electrons. The Kier molecular flexibility index (Phi) is 3.90. The maximum atomic E-state index is 12.5. The molecule has 3 nitrogen and oxygen atoms in total. The van der Waals surface area contributed by atoms with Crippen molar-refractivity contribution in [2.24, 2.45) is 4.99 Å². The molecule has 1 amide bonds. The lowest BCUT2D eigenvalue weighted by atomic mass is 10.0. The van der Waals surface area contributed by atoms with Crippen molar-refractivity contribution < 1.29 is 4.79 Å². The Labute approximate surface area is 146 Å². The van der Waals surface area contributed by atoms with Crippen LogP contribution in [0.15, 0.2) is 83.9 Å². The number of benzene rings is 3. The lowest BCUT2D eigenvalue weighted by Gasteiger charge is -2.16. The zero-order chi connectivity index (χ0) is 17.2. The number of carbonyl (C=O) groups excluding carboxylic acids is 1. The summed E-state index contributed by atoms with van der Waals surface area (Å²) >= 11 is 0. The second-order valence-electron chi connectivity index (χ2n) is 6.13. The Morgan fingerprint density at radius 1 is 0.840 bits per heavy atom. The van der Waals surface area contributed by atoms with Crippen LogP contribution in [0, 0.1) is 0 Å². The van der Waals surface area contributed by atoms with Crippen molar-refractivity contribution in [3.8, 4) is 0 Å². The maximum absolute atomic E-state index is 12.5. The van der Waals surface area contributed by atoms with Crippen molar-refractivity contribution in [2.45, 2.75) is 13.0 Å². The van der Waals surface area contributed by atoms with Gasteiger partial charge in [-0.15, -0.1) is 0 Å². The number of hydrogen-bond acceptors (Lipinski definition) is 2. The Balaban J connectivity index is 1.85. The molecule has 4 rings (SSSR count). The molecule has 1 unspecified atom stereocenters. The van der Waals surface area contributed by atoms with Gasteiger partial charge < -0.3 is 5.32 Å². The molecule has 1 aliphatic rings. The molecular weight excluding hydrogens is 308 g/mol. The quantitative estimate of drug-likeness (QED) is 0.800. The minimum atomic E-state index is -0.178. The molecule has 1 atom stereocenters. The fraction of sp³-hybridized carbons (Fsp3) is 0.0909. The van der Waals surface area contributed by atoms with Crippen LogP contribution < -0.4 is 15.9 Å². The third-order valence-corrected chi connectivity index (χ3v) is 4.46. The van der Waals surface area contributed by atoms with Gasteiger partial charge in [0.15, 0.2) is 0 Å². The van der Waals surface area contributed by atoms with Crippen molar-refractivity contribution in [3.05, 3.63) is 101 Å². The molecule has 0 saturated carbocycles. The second-order valence-corrected chi connectivity index (χ2v) is 6.13. The summed E-state index contributed by atoms with van der Waals surface area (Å²) in [6.45, 7) is 2.12. The first-order valence-corrected chi connectivity index (χ1v) is 8.37. The van der Waals surface area contributed by atoms with Gasteiger partial charge in [-0.05, 0) is 30.2 Å². The monoisotopic (exact) mass is 326 g/mol. The molecule has 3 aromatic rings. The molecule has 0 bridgehead atoms. The van der Waals surface area contributed by atoms with Gasteiger partial charge in [-0.25, -0.2) is 4.99 Å². The molecule has 0 radical (unpaired) electrons. The fourth-order valence-corrected chi connectivity index (χ4v) is 3.22. The molecule has 3 aromatic carbocycles. The minimum Gasteiger partial charge on any atom is -0.378 e. The van der Waals surface area contributed by atoms with Gasteiger partial charge in [0, 0.05) is 16.9 Å². The first-order chi connectivity index (χ1) is 12.2. The molecule has 1 N–H and O–H groups in total. The Morgan fingerprint density at radius 3 is 2.24 bits per heavy atom. The number of hydrogen-bond donors (Lipinski definition) is 1. The SMILES string of the molecule is CC(Nc1cccc2c1=C(c1ccccc1)C(=O)N=2)c1ccccc1. The summed E-state index contributed by atoms with van der Waals surface area (Å²) in [5.74, 6) is -0.178. The van der Waals surface area contributed by atoms with Crippen LogP contribution in [0.2, 0.25) is 0 Å². The first-order valence-electron chi connectivity index (χ1n) is 8.37. The molecule has 0 saturated heterocycles. The summed E-state index contributed by atoms with van der Waals surface area (Å²) in [4.78, 5) is 16.7. The summed E-state index contributed by atoms with van der Waals surface area (Å²) in [5, 5.41) is 5.17. The van der Waals surface area contributed by atoms with E-state index in [0.29, 0.717) is 5.57 Å². The normalized spacial score (nSPS) is 14.0. The Bertz CT molecular complexity index is 1040. The van der Waals surface area contributed by atoms with E-state index in [1.807, 2.05) is 66.7 Å². The molecule has 0 spiro atoms. The van der Waals surface area contributed by atoms with Gasteiger partial charge in [0.05, 0.1) is 10.9 Å². The summed E-state index contributed by atoms with van der Waals surface area (Å²) < 4.78 is 0. The highest BCUT2D eigenvalue weighted by atomic mass is 16.1. The summed E-state index contributed by atoms with van der Waals surface area (Å²) in [5.41, 5.74) is 3.69. The Hall–Kier alpha value is -3.20. The van der Waals surface area contributed by atoms with Gasteiger partial charge >= 0.3 is 0 Å². The summed E-state index contributed by atoms with van der Waals surface area (Å²) in [7, 11) is 0. The number of nitrogens with one attached hydrogen (secondary N) is 1. The lowest BCUT2D eigenvalue weighted by Crippen LogP contribution is -2.28. The maximum Gasteiger partial charge on any atom is 0.278 e. The first kappa shape index (κ1) is 15.3. The van der Waals surface area contributed by atoms with Crippen LogP contribution in [0.25, 0.3) is 5.57 Å². The summed E-state index contributed by atoms with van der Waals surface area (Å²) in [6.07, 6.45) is 0. The Morgan fingerprint density at radius 2 is 1.52 bits per heavy atom. The largest absolute Gasteiger partial charge is 0.378 e. The molecule has 0 fully saturated rings. The van der Waals surface area contributed by atoms with E-state index < -0.39 is 0 Å². The smallest absolute Gasteiger partial charge is 0.278 e. The standard InChI is InChI=1S/C22H18N2O/c1-15(16-9-4-2-5-10-16)23-18-13-8-14-19-21(18)20(22(25)24-19)17-11-6-3-7-12-17/h2-15,23H,1H3. The summed E-state index contributed by atoms with van der Waals surface area (Å²) in [6, 6.07) is 26.0. The fourth-order valence-electron chi connectivity index (χ4n) is 3.22. The second kappa shape index (κ2) is 6.36. The predicted molar refractivity (Wildman–Crippen MR) is 99.7 cm³/mol. The van der Waals surface area contributed by atoms with E-state index in [2.05, 4.69) is 29.4 Å². The third kappa shape index (κ3) is 2.85. The zero-order valence-corrected chi connectivity index (χ0v) is 13.9. The van der Waals surface area contributed by atoms with Gasteiger partial charge in [0.25, 0.3) is 5.91 Å². The molecule has 25 heavy (non-hydrogen) atoms. The topological polar surface area (TPSA) is 41.5 Å². The highest BCUT2D eigenvalue weighted by Crippen LogP contribution is 2.19. The zero-order valence-electron chi connectivity index (χ0n) is 13.9. The average Bonchev–Trinajstić information content (AvgIpc) is 3.00. The van der Waals surface area contributed by atoms with Crippen LogP contribution in [0.5, 0.6) is 0 Å². The molecule has 3 heteroatoms. The van der Waals surface area contributed by atoms with Gasteiger partial charge in [-0.1, -0.05) is 66.7 Å². The van der Waals surface area contributed by atoms with Crippen LogP contribution >= 0.6 is 0 Å². The molecule has 0 aromatic heterocycles. The van der Waals surface area contributed by atoms with Crippen LogP contribution in [-0.4, -0.2) is 5.91 Å². The average molecular weight is 326 g/mol. The molecular formula is C22H18N2O. The number of nitrogens with zero attached hydrogens (tertiary/aromatic N) is 1. The van der Waals surface area contributed by atoms with E-state index in [-0.39, 0.29) is 11.9 Å². The van der Waals surface area contributed by atoms with Crippen LogP contribution in [0.1, 0.15) is 24.1 Å². The van der Waals surface area contributed by atoms with Crippen molar-refractivity contribution in [3.63, 3.8) is 0 Å². The number of rotatable bonds is 4. The lowest BCUT2D eigenvalue weighted by molar-refractivity contribution is -0.112. The van der Waals surface area contributed by atoms with E-state index in [0.717, 1.165) is 21.8 Å². The minimum absolute atomic E-state index is 0.125. The van der Waals surface area contributed by atoms with Gasteiger partial charge in [0.2, 0.25) is 0 Å². The molecule has 0 aliphatic carbocycles. The van der Waals surface area contributed by atoms with Crippen LogP contribution in [0.3, 0.4) is 0 Å². The predicted octanol–water partition coefficient (Wildman–Crippen LogP) is 3.22. The number of anilines is 1. The van der Waals surface area contributed by atoms with E-state index in [1.165, 1.54) is 5.56 Å². The van der Waals surface area contributed by atoms with Crippen molar-refractivity contribution in [2.75, 3.05) is 5.32 Å². The van der Waals surface area contributed by atoms with Crippen LogP contribution in [-0.2, 0) is 4.79 Å². The van der Waals surface area contributed by atoms with Crippen molar-refractivity contribution in [1.29, 1.82) is 0 Å². The number of amides is 1. The van der Waals surface area contributed by atoms with E-state index in [1.54, 1.807) is 0 Å². The number of fused-ring (bicyclic) bond motifs is 1. The van der Waals surface area contributed by atoms with E-state index >= 15 is 0 Å². The van der Waals surface area contributed by atoms with Crippen molar-refractivity contribution in [1.82, 2.24) is 0 Å². The van der Waals surface area contributed by atoms with Gasteiger partial charge in [-0.2, -0.15) is 0 Å². The van der Waals surface area contributed by atoms with E-state index in [4.69, 9.17) is 0 Å². The molecule has 1 aliphatic heterocycles. The van der Waals surface area contributed by atoms with Crippen molar-refractivity contribution >= 4 is 17.2 Å². The highest BCUT2D eigenvalue weighted by molar-refractivity contribution is 6.21. The van der Waals surface area contributed by atoms with E-state index in [9.17, 15) is 4.79 Å². The van der Waals surface area contributed by atoms with Gasteiger partial charge in [-0.3, -0.25) is 4.79 Å². The highest BCUT2D eigenvalue weighted by Gasteiger charge is 2.20. The number of carbonyl (C=O) groups is 1.